The molecule has 3 aromatic rings. The predicted octanol–water partition coefficient (Wildman–Crippen LogP) is 3.64. The number of fused-ring (bicyclic) bond motifs is 1. The van der Waals surface area contributed by atoms with E-state index in [2.05, 4.69) is 20.0 Å². The number of H-pyrrole nitrogens is 1. The molecule has 0 unspecified atom stereocenters. The predicted molar refractivity (Wildman–Crippen MR) is 81.6 cm³/mol. The molecule has 0 radical (unpaired) electrons. The number of halogens is 3. The van der Waals surface area contributed by atoms with Gasteiger partial charge in [0.05, 0.1) is 12.6 Å². The van der Waals surface area contributed by atoms with Gasteiger partial charge < -0.3 is 15.0 Å². The Bertz CT molecular complexity index is 857. The summed E-state index contributed by atoms with van der Waals surface area (Å²) in [6.45, 7) is 0. The third kappa shape index (κ3) is 4.03. The minimum absolute atomic E-state index is 0.122. The highest BCUT2D eigenvalue weighted by molar-refractivity contribution is 5.92. The molecular weight excluding hydrogens is 323 g/mol. The molecule has 0 bridgehead atoms. The molecule has 8 heteroatoms. The number of carbonyl (C=O) groups is 1. The highest BCUT2D eigenvalue weighted by Crippen LogP contribution is 2.22. The fourth-order valence-electron chi connectivity index (χ4n) is 2.23. The summed E-state index contributed by atoms with van der Waals surface area (Å²) >= 11 is 0. The van der Waals surface area contributed by atoms with Crippen LogP contribution in [-0.4, -0.2) is 22.2 Å². The molecule has 0 fully saturated rings. The number of ether oxygens (including phenoxy) is 1. The molecule has 0 saturated carbocycles. The zero-order valence-electron chi connectivity index (χ0n) is 12.2. The minimum atomic E-state index is -4.77. The maximum Gasteiger partial charge on any atom is 0.573 e. The Morgan fingerprint density at radius 1 is 1.21 bits per heavy atom. The van der Waals surface area contributed by atoms with Crippen LogP contribution in [0.2, 0.25) is 0 Å². The van der Waals surface area contributed by atoms with Crippen LogP contribution in [0.3, 0.4) is 0 Å². The minimum Gasteiger partial charge on any atom is -0.404 e. The fraction of sp³-hybridized carbons (Fsp3) is 0.125. The van der Waals surface area contributed by atoms with Gasteiger partial charge in [0.25, 0.3) is 0 Å². The first-order valence-corrected chi connectivity index (χ1v) is 6.97. The summed E-state index contributed by atoms with van der Waals surface area (Å²) in [6, 6.07) is 9.85. The lowest BCUT2D eigenvalue weighted by Crippen LogP contribution is -2.18. The fourth-order valence-corrected chi connectivity index (χ4v) is 2.23. The maximum absolute atomic E-state index is 12.1. The van der Waals surface area contributed by atoms with Crippen LogP contribution in [-0.2, 0) is 11.2 Å². The zero-order valence-corrected chi connectivity index (χ0v) is 12.2. The number of anilines is 1. The van der Waals surface area contributed by atoms with Gasteiger partial charge in [0.2, 0.25) is 5.91 Å². The quantitative estimate of drug-likeness (QED) is 0.765. The van der Waals surface area contributed by atoms with Crippen molar-refractivity contribution in [3.63, 3.8) is 0 Å². The molecule has 0 saturated heterocycles. The average Bonchev–Trinajstić information content (AvgIpc) is 2.95. The van der Waals surface area contributed by atoms with E-state index in [4.69, 9.17) is 0 Å². The van der Waals surface area contributed by atoms with Crippen molar-refractivity contribution in [3.8, 4) is 5.75 Å². The van der Waals surface area contributed by atoms with Gasteiger partial charge in [-0.3, -0.25) is 4.79 Å². The number of carbonyl (C=O) groups excluding carboxylic acids is 1. The molecule has 2 N–H and O–H groups in total. The number of nitrogens with one attached hydrogen (secondary N) is 2. The monoisotopic (exact) mass is 335 g/mol. The van der Waals surface area contributed by atoms with Crippen LogP contribution in [0, 0.1) is 0 Å². The van der Waals surface area contributed by atoms with Crippen molar-refractivity contribution >= 4 is 22.6 Å². The number of hydrogen-bond acceptors (Lipinski definition) is 3. The molecule has 5 nitrogen and oxygen atoms in total. The first-order chi connectivity index (χ1) is 11.4. The average molecular weight is 335 g/mol. The van der Waals surface area contributed by atoms with E-state index in [0.29, 0.717) is 0 Å². The topological polar surface area (TPSA) is 67.0 Å². The third-order valence-electron chi connectivity index (χ3n) is 3.22. The summed E-state index contributed by atoms with van der Waals surface area (Å²) in [6.07, 6.45) is -1.95. The van der Waals surface area contributed by atoms with Gasteiger partial charge in [0, 0.05) is 11.7 Å². The zero-order chi connectivity index (χ0) is 17.2. The van der Waals surface area contributed by atoms with Crippen LogP contribution in [0.5, 0.6) is 5.75 Å². The second-order valence-electron chi connectivity index (χ2n) is 5.05. The van der Waals surface area contributed by atoms with E-state index >= 15 is 0 Å². The number of nitrogens with zero attached hydrogens (tertiary/aromatic N) is 1. The molecule has 2 aromatic heterocycles. The molecule has 1 aromatic carbocycles. The number of alkyl halides is 3. The van der Waals surface area contributed by atoms with Crippen molar-refractivity contribution in [2.75, 3.05) is 5.32 Å². The molecule has 0 atom stereocenters. The second-order valence-corrected chi connectivity index (χ2v) is 5.05. The maximum atomic E-state index is 12.1. The van der Waals surface area contributed by atoms with Crippen LogP contribution in [0.4, 0.5) is 19.0 Å². The Hall–Kier alpha value is -3.03. The van der Waals surface area contributed by atoms with E-state index in [1.165, 1.54) is 6.07 Å². The number of aromatic amines is 1. The smallest absolute Gasteiger partial charge is 0.404 e. The van der Waals surface area contributed by atoms with Crippen molar-refractivity contribution in [2.24, 2.45) is 0 Å². The SMILES string of the molecule is O=C(Cc1ccc2cc[nH]c2c1)Nc1ccc(OC(F)(F)F)cn1. The van der Waals surface area contributed by atoms with E-state index in [9.17, 15) is 18.0 Å². The molecular formula is C16H12F3N3O2. The lowest BCUT2D eigenvalue weighted by Gasteiger charge is -2.09. The molecule has 0 aliphatic rings. The van der Waals surface area contributed by atoms with Gasteiger partial charge in [0.15, 0.2) is 0 Å². The summed E-state index contributed by atoms with van der Waals surface area (Å²) < 4.78 is 39.9. The van der Waals surface area contributed by atoms with Gasteiger partial charge in [-0.15, -0.1) is 13.2 Å². The van der Waals surface area contributed by atoms with E-state index in [0.717, 1.165) is 28.7 Å². The summed E-state index contributed by atoms with van der Waals surface area (Å²) in [5.74, 6) is -0.619. The Kier molecular flexibility index (Phi) is 4.11. The van der Waals surface area contributed by atoms with Gasteiger partial charge in [-0.25, -0.2) is 4.98 Å². The number of benzene rings is 1. The first-order valence-electron chi connectivity index (χ1n) is 6.97. The van der Waals surface area contributed by atoms with Crippen molar-refractivity contribution in [3.05, 3.63) is 54.4 Å². The van der Waals surface area contributed by atoms with E-state index in [1.807, 2.05) is 30.5 Å². The van der Waals surface area contributed by atoms with Gasteiger partial charge in [-0.2, -0.15) is 0 Å². The van der Waals surface area contributed by atoms with Crippen LogP contribution in [0.15, 0.2) is 48.8 Å². The van der Waals surface area contributed by atoms with Gasteiger partial charge in [-0.05, 0) is 35.2 Å². The molecule has 0 aliphatic heterocycles. The van der Waals surface area contributed by atoms with Gasteiger partial charge in [0.1, 0.15) is 11.6 Å². The van der Waals surface area contributed by atoms with Crippen LogP contribution < -0.4 is 10.1 Å². The Morgan fingerprint density at radius 2 is 2.04 bits per heavy atom. The molecule has 1 amide bonds. The van der Waals surface area contributed by atoms with Crippen molar-refractivity contribution in [1.29, 1.82) is 0 Å². The van der Waals surface area contributed by atoms with E-state index in [-0.39, 0.29) is 18.1 Å². The summed E-state index contributed by atoms with van der Waals surface area (Å²) in [4.78, 5) is 18.8. The molecule has 24 heavy (non-hydrogen) atoms. The van der Waals surface area contributed by atoms with E-state index < -0.39 is 12.1 Å². The number of pyridine rings is 1. The Morgan fingerprint density at radius 3 is 2.75 bits per heavy atom. The molecule has 0 spiro atoms. The largest absolute Gasteiger partial charge is 0.573 e. The lowest BCUT2D eigenvalue weighted by atomic mass is 10.1. The molecule has 3 rings (SSSR count). The normalized spacial score (nSPS) is 11.5. The van der Waals surface area contributed by atoms with Crippen molar-refractivity contribution in [1.82, 2.24) is 9.97 Å². The Labute approximate surface area is 134 Å². The van der Waals surface area contributed by atoms with Crippen LogP contribution in [0.25, 0.3) is 10.9 Å². The standard InChI is InChI=1S/C16H12F3N3O2/c17-16(18,19)24-12-3-4-14(21-9-12)22-15(23)8-10-1-2-11-5-6-20-13(11)7-10/h1-7,9,20H,8H2,(H,21,22,23). The highest BCUT2D eigenvalue weighted by atomic mass is 19.4. The Balaban J connectivity index is 1.61. The molecule has 0 aliphatic carbocycles. The highest BCUT2D eigenvalue weighted by Gasteiger charge is 2.31. The number of hydrogen-bond donors (Lipinski definition) is 2. The lowest BCUT2D eigenvalue weighted by molar-refractivity contribution is -0.274. The van der Waals surface area contributed by atoms with Gasteiger partial charge in [-0.1, -0.05) is 12.1 Å². The van der Waals surface area contributed by atoms with Crippen molar-refractivity contribution in [2.45, 2.75) is 12.8 Å². The molecule has 124 valence electrons. The summed E-state index contributed by atoms with van der Waals surface area (Å²) in [5, 5.41) is 3.57. The number of rotatable bonds is 4. The first kappa shape index (κ1) is 15.9. The number of amides is 1. The van der Waals surface area contributed by atoms with Crippen LogP contribution in [0.1, 0.15) is 5.56 Å². The summed E-state index contributed by atoms with van der Waals surface area (Å²) in [7, 11) is 0. The van der Waals surface area contributed by atoms with Gasteiger partial charge >= 0.3 is 6.36 Å². The van der Waals surface area contributed by atoms with Crippen molar-refractivity contribution < 1.29 is 22.7 Å². The third-order valence-corrected chi connectivity index (χ3v) is 3.22. The van der Waals surface area contributed by atoms with E-state index in [1.54, 1.807) is 0 Å². The summed E-state index contributed by atoms with van der Waals surface area (Å²) in [5.41, 5.74) is 1.73. The van der Waals surface area contributed by atoms with Crippen LogP contribution >= 0.6 is 0 Å². The number of aromatic nitrogens is 2. The molecule has 2 heterocycles. The second kappa shape index (κ2) is 6.23.